The normalized spacial score (nSPS) is 11.1. The Morgan fingerprint density at radius 3 is 2.42 bits per heavy atom. The number of unbranched alkanes of at least 4 members (excludes halogenated alkanes) is 1. The highest BCUT2D eigenvalue weighted by Crippen LogP contribution is 2.24. The van der Waals surface area contributed by atoms with E-state index in [2.05, 4.69) is 30.9 Å². The number of carbonyl (C=O) groups is 2. The average Bonchev–Trinajstić information content (AvgIpc) is 3.14. The van der Waals surface area contributed by atoms with Gasteiger partial charge in [-0.15, -0.1) is 5.10 Å². The van der Waals surface area contributed by atoms with Gasteiger partial charge in [0.25, 0.3) is 0 Å². The molecular weight excluding hydrogens is 390 g/mol. The molecule has 162 valence electrons. The minimum absolute atomic E-state index is 0.00812. The Kier molecular flexibility index (Phi) is 7.34. The van der Waals surface area contributed by atoms with Crippen LogP contribution in [0.15, 0.2) is 48.5 Å². The van der Waals surface area contributed by atoms with Crippen LogP contribution in [0.3, 0.4) is 0 Å². The highest BCUT2D eigenvalue weighted by atomic mass is 16.4. The first-order chi connectivity index (χ1) is 14.9. The molecule has 0 saturated heterocycles. The number of ketones is 1. The number of aromatic carboxylic acids is 1. The molecule has 1 aromatic heterocycles. The Bertz CT molecular complexity index is 1050. The van der Waals surface area contributed by atoms with Crippen LogP contribution in [0.4, 0.5) is 0 Å². The van der Waals surface area contributed by atoms with Gasteiger partial charge in [0.1, 0.15) is 5.82 Å². The number of carboxylic acids is 1. The standard InChI is InChI=1S/C25H29N3O3/c1-4-5-10-22(29)24-26-23(15-17(2)3)28(27-24)16-18-11-13-19(14-12-18)20-8-6-7-9-21(20)25(30)31/h6-9,11-14,17H,4-5,10,15-16H2,1-3H3,(H,30,31). The lowest BCUT2D eigenvalue weighted by Crippen LogP contribution is -2.09. The molecule has 0 atom stereocenters. The van der Waals surface area contributed by atoms with Crippen molar-refractivity contribution in [2.24, 2.45) is 5.92 Å². The third kappa shape index (κ3) is 5.66. The molecular formula is C25H29N3O3. The van der Waals surface area contributed by atoms with E-state index in [1.165, 1.54) is 0 Å². The summed E-state index contributed by atoms with van der Waals surface area (Å²) < 4.78 is 1.82. The number of aromatic nitrogens is 3. The van der Waals surface area contributed by atoms with Gasteiger partial charge in [0.2, 0.25) is 11.6 Å². The molecule has 1 N–H and O–H groups in total. The summed E-state index contributed by atoms with van der Waals surface area (Å²) in [5.41, 5.74) is 2.82. The van der Waals surface area contributed by atoms with Gasteiger partial charge < -0.3 is 5.11 Å². The molecule has 0 unspecified atom stereocenters. The predicted octanol–water partition coefficient (Wildman–Crippen LogP) is 5.26. The number of hydrogen-bond donors (Lipinski definition) is 1. The summed E-state index contributed by atoms with van der Waals surface area (Å²) in [7, 11) is 0. The lowest BCUT2D eigenvalue weighted by atomic mass is 9.99. The molecule has 1 heterocycles. The molecule has 0 aliphatic carbocycles. The smallest absolute Gasteiger partial charge is 0.336 e. The summed E-state index contributed by atoms with van der Waals surface area (Å²) in [5, 5.41) is 13.9. The van der Waals surface area contributed by atoms with Crippen molar-refractivity contribution in [2.75, 3.05) is 0 Å². The summed E-state index contributed by atoms with van der Waals surface area (Å²) in [6, 6.07) is 14.7. The lowest BCUT2D eigenvalue weighted by molar-refractivity contribution is 0.0697. The first kappa shape index (κ1) is 22.4. The van der Waals surface area contributed by atoms with Crippen LogP contribution in [-0.4, -0.2) is 31.6 Å². The number of carboxylic acid groups (broad SMARTS) is 1. The van der Waals surface area contributed by atoms with Crippen LogP contribution in [0, 0.1) is 5.92 Å². The van der Waals surface area contributed by atoms with E-state index in [9.17, 15) is 14.7 Å². The topological polar surface area (TPSA) is 85.1 Å². The molecule has 0 radical (unpaired) electrons. The molecule has 2 aromatic carbocycles. The second-order valence-electron chi connectivity index (χ2n) is 8.18. The Balaban J connectivity index is 1.84. The monoisotopic (exact) mass is 419 g/mol. The van der Waals surface area contributed by atoms with Crippen LogP contribution in [0.25, 0.3) is 11.1 Å². The number of nitrogens with zero attached hydrogens (tertiary/aromatic N) is 3. The van der Waals surface area contributed by atoms with E-state index in [0.717, 1.165) is 36.2 Å². The molecule has 31 heavy (non-hydrogen) atoms. The second-order valence-corrected chi connectivity index (χ2v) is 8.18. The summed E-state index contributed by atoms with van der Waals surface area (Å²) in [6.45, 7) is 6.80. The fourth-order valence-corrected chi connectivity index (χ4v) is 3.47. The third-order valence-corrected chi connectivity index (χ3v) is 5.10. The van der Waals surface area contributed by atoms with Crippen LogP contribution < -0.4 is 0 Å². The molecule has 3 aromatic rings. The highest BCUT2D eigenvalue weighted by Gasteiger charge is 2.17. The van der Waals surface area contributed by atoms with Crippen molar-refractivity contribution in [2.45, 2.75) is 53.0 Å². The van der Waals surface area contributed by atoms with Crippen molar-refractivity contribution in [3.63, 3.8) is 0 Å². The summed E-state index contributed by atoms with van der Waals surface area (Å²) in [6.07, 6.45) is 3.02. The molecule has 6 heteroatoms. The van der Waals surface area contributed by atoms with E-state index >= 15 is 0 Å². The second kappa shape index (κ2) is 10.2. The van der Waals surface area contributed by atoms with E-state index in [4.69, 9.17) is 0 Å². The van der Waals surface area contributed by atoms with Crippen molar-refractivity contribution in [1.29, 1.82) is 0 Å². The maximum Gasteiger partial charge on any atom is 0.336 e. The Hall–Kier alpha value is -3.28. The van der Waals surface area contributed by atoms with Crippen molar-refractivity contribution >= 4 is 11.8 Å². The molecule has 0 fully saturated rings. The predicted molar refractivity (Wildman–Crippen MR) is 120 cm³/mol. The van der Waals surface area contributed by atoms with Crippen molar-refractivity contribution in [3.05, 3.63) is 71.3 Å². The van der Waals surface area contributed by atoms with E-state index in [0.29, 0.717) is 30.3 Å². The van der Waals surface area contributed by atoms with Gasteiger partial charge in [-0.3, -0.25) is 4.79 Å². The van der Waals surface area contributed by atoms with Crippen molar-refractivity contribution in [1.82, 2.24) is 14.8 Å². The molecule has 0 aliphatic rings. The average molecular weight is 420 g/mol. The number of rotatable bonds is 10. The first-order valence-corrected chi connectivity index (χ1v) is 10.8. The molecule has 6 nitrogen and oxygen atoms in total. The Morgan fingerprint density at radius 1 is 1.06 bits per heavy atom. The number of carbonyl (C=O) groups excluding carboxylic acids is 1. The highest BCUT2D eigenvalue weighted by molar-refractivity contribution is 5.96. The summed E-state index contributed by atoms with van der Waals surface area (Å²) in [4.78, 5) is 28.4. The van der Waals surface area contributed by atoms with E-state index in [1.807, 2.05) is 41.1 Å². The zero-order valence-corrected chi connectivity index (χ0v) is 18.3. The molecule has 0 aliphatic heterocycles. The maximum absolute atomic E-state index is 12.4. The van der Waals surface area contributed by atoms with Gasteiger partial charge in [-0.25, -0.2) is 14.5 Å². The number of hydrogen-bond acceptors (Lipinski definition) is 4. The SMILES string of the molecule is CCCCC(=O)c1nc(CC(C)C)n(Cc2ccc(-c3ccccc3C(=O)O)cc2)n1. The van der Waals surface area contributed by atoms with Crippen LogP contribution in [0.5, 0.6) is 0 Å². The third-order valence-electron chi connectivity index (χ3n) is 5.10. The van der Waals surface area contributed by atoms with Crippen LogP contribution >= 0.6 is 0 Å². The Morgan fingerprint density at radius 2 is 1.77 bits per heavy atom. The van der Waals surface area contributed by atoms with Gasteiger partial charge in [-0.2, -0.15) is 0 Å². The van der Waals surface area contributed by atoms with E-state index < -0.39 is 5.97 Å². The largest absolute Gasteiger partial charge is 0.478 e. The summed E-state index contributed by atoms with van der Waals surface area (Å²) in [5.74, 6) is 0.565. The van der Waals surface area contributed by atoms with Gasteiger partial charge in [0, 0.05) is 12.8 Å². The fraction of sp³-hybridized carbons (Fsp3) is 0.360. The van der Waals surface area contributed by atoms with Crippen molar-refractivity contribution in [3.8, 4) is 11.1 Å². The minimum Gasteiger partial charge on any atom is -0.478 e. The minimum atomic E-state index is -0.944. The molecule has 0 saturated carbocycles. The lowest BCUT2D eigenvalue weighted by Gasteiger charge is -2.10. The van der Waals surface area contributed by atoms with Gasteiger partial charge >= 0.3 is 5.97 Å². The van der Waals surface area contributed by atoms with Gasteiger partial charge in [0.05, 0.1) is 12.1 Å². The van der Waals surface area contributed by atoms with Gasteiger partial charge in [-0.05, 0) is 35.1 Å². The Labute approximate surface area is 183 Å². The molecule has 0 bridgehead atoms. The zero-order chi connectivity index (χ0) is 22.4. The van der Waals surface area contributed by atoms with E-state index in [1.54, 1.807) is 12.1 Å². The molecule has 0 amide bonds. The molecule has 0 spiro atoms. The quantitative estimate of drug-likeness (QED) is 0.453. The maximum atomic E-state index is 12.4. The van der Waals surface area contributed by atoms with Crippen LogP contribution in [0.2, 0.25) is 0 Å². The van der Waals surface area contributed by atoms with Crippen molar-refractivity contribution < 1.29 is 14.7 Å². The number of Topliss-reactive ketones (excluding diaryl/α,β-unsaturated/α-hetero) is 1. The first-order valence-electron chi connectivity index (χ1n) is 10.8. The van der Waals surface area contributed by atoms with E-state index in [-0.39, 0.29) is 11.3 Å². The number of benzene rings is 2. The van der Waals surface area contributed by atoms with Crippen LogP contribution in [-0.2, 0) is 13.0 Å². The van der Waals surface area contributed by atoms with Gasteiger partial charge in [-0.1, -0.05) is 69.7 Å². The van der Waals surface area contributed by atoms with Crippen LogP contribution in [0.1, 0.15) is 72.4 Å². The fourth-order valence-electron chi connectivity index (χ4n) is 3.47. The summed E-state index contributed by atoms with van der Waals surface area (Å²) >= 11 is 0. The van der Waals surface area contributed by atoms with Gasteiger partial charge in [0.15, 0.2) is 0 Å². The zero-order valence-electron chi connectivity index (χ0n) is 18.3. The molecule has 3 rings (SSSR count).